The van der Waals surface area contributed by atoms with Crippen molar-refractivity contribution in [3.05, 3.63) is 217 Å². The predicted octanol–water partition coefficient (Wildman–Crippen LogP) is 14.8. The molecule has 0 aliphatic rings. The zero-order valence-electron chi connectivity index (χ0n) is 38.1. The van der Waals surface area contributed by atoms with Gasteiger partial charge in [-0.05, 0) is 136 Å². The molecule has 0 saturated heterocycles. The molecule has 1 heteroatoms. The van der Waals surface area contributed by atoms with Crippen molar-refractivity contribution in [2.75, 3.05) is 0 Å². The van der Waals surface area contributed by atoms with Gasteiger partial charge in [-0.15, -0.1) is 0 Å². The van der Waals surface area contributed by atoms with Gasteiger partial charge in [0.15, 0.2) is 8.07 Å². The van der Waals surface area contributed by atoms with Crippen LogP contribution < -0.4 is 20.7 Å². The third-order valence-electron chi connectivity index (χ3n) is 14.6. The van der Waals surface area contributed by atoms with Crippen LogP contribution in [0.25, 0.3) is 86.9 Å². The highest BCUT2D eigenvalue weighted by molar-refractivity contribution is 7.20. The lowest BCUT2D eigenvalue weighted by Crippen LogP contribution is -2.74. The molecular formula is C64H52Si. The first-order valence-electron chi connectivity index (χ1n) is 23.2. The molecule has 0 N–H and O–H groups in total. The van der Waals surface area contributed by atoms with Gasteiger partial charge in [0.25, 0.3) is 0 Å². The first-order valence-corrected chi connectivity index (χ1v) is 25.2. The number of rotatable bonds is 6. The van der Waals surface area contributed by atoms with Crippen LogP contribution in [0.3, 0.4) is 0 Å². The molecule has 0 nitrogen and oxygen atoms in total. The molecule has 312 valence electrons. The maximum absolute atomic E-state index is 2.95. The van der Waals surface area contributed by atoms with E-state index in [2.05, 4.69) is 248 Å². The van der Waals surface area contributed by atoms with Crippen molar-refractivity contribution < 1.29 is 0 Å². The smallest absolute Gasteiger partial charge is 0.0623 e. The van der Waals surface area contributed by atoms with E-state index < -0.39 is 8.07 Å². The van der Waals surface area contributed by atoms with Crippen molar-refractivity contribution in [1.29, 1.82) is 0 Å². The third-order valence-corrected chi connectivity index (χ3v) is 19.3. The second-order valence-electron chi connectivity index (χ2n) is 20.4. The fourth-order valence-electron chi connectivity index (χ4n) is 11.6. The van der Waals surface area contributed by atoms with E-state index in [1.54, 1.807) is 0 Å². The Balaban J connectivity index is 1.22. The van der Waals surface area contributed by atoms with E-state index in [1.807, 2.05) is 0 Å². The lowest BCUT2D eigenvalue weighted by Gasteiger charge is -2.35. The zero-order valence-corrected chi connectivity index (χ0v) is 39.1. The summed E-state index contributed by atoms with van der Waals surface area (Å²) in [5, 5.41) is 21.4. The highest BCUT2D eigenvalue weighted by atomic mass is 28.3. The molecule has 0 atom stereocenters. The van der Waals surface area contributed by atoms with Gasteiger partial charge in [-0.3, -0.25) is 0 Å². The normalized spacial score (nSPS) is 12.8. The van der Waals surface area contributed by atoms with E-state index in [1.165, 1.54) is 119 Å². The van der Waals surface area contributed by atoms with Gasteiger partial charge in [0.1, 0.15) is 0 Å². The largest absolute Gasteiger partial charge is 0.179 e. The van der Waals surface area contributed by atoms with Crippen molar-refractivity contribution >= 4 is 93.5 Å². The number of benzene rings is 12. The summed E-state index contributed by atoms with van der Waals surface area (Å²) >= 11 is 0. The predicted molar refractivity (Wildman–Crippen MR) is 286 cm³/mol. The Bertz CT molecular complexity index is 3470. The van der Waals surface area contributed by atoms with Crippen molar-refractivity contribution in [2.45, 2.75) is 52.4 Å². The van der Waals surface area contributed by atoms with Crippen LogP contribution in [0.5, 0.6) is 0 Å². The molecule has 0 saturated carbocycles. The first-order chi connectivity index (χ1) is 31.5. The van der Waals surface area contributed by atoms with Crippen LogP contribution in [0.4, 0.5) is 0 Å². The Morgan fingerprint density at radius 1 is 0.277 bits per heavy atom. The summed E-state index contributed by atoms with van der Waals surface area (Å²) in [6.07, 6.45) is 0. The molecule has 0 fully saturated rings. The molecular weight excluding hydrogens is 797 g/mol. The molecule has 0 amide bonds. The number of hydrogen-bond donors (Lipinski definition) is 0. The molecule has 12 aromatic carbocycles. The Kier molecular flexibility index (Phi) is 8.80. The fourth-order valence-corrected chi connectivity index (χ4v) is 16.5. The van der Waals surface area contributed by atoms with Crippen LogP contribution in [0.1, 0.15) is 52.7 Å². The van der Waals surface area contributed by atoms with E-state index in [9.17, 15) is 0 Å². The van der Waals surface area contributed by atoms with Crippen molar-refractivity contribution in [3.8, 4) is 22.3 Å². The Labute approximate surface area is 383 Å². The number of hydrogen-bond acceptors (Lipinski definition) is 0. The summed E-state index contributed by atoms with van der Waals surface area (Å²) in [6.45, 7) is 14.0. The van der Waals surface area contributed by atoms with Crippen LogP contribution in [0.15, 0.2) is 206 Å². The highest BCUT2D eigenvalue weighted by Gasteiger charge is 2.42. The van der Waals surface area contributed by atoms with E-state index in [0.29, 0.717) is 0 Å². The molecule has 12 rings (SSSR count). The highest BCUT2D eigenvalue weighted by Crippen LogP contribution is 2.45. The SMILES string of the molecule is CC(C)(C)c1ccc2ccc3c(-c4cc(-c5ccc6ccc7c(C(C)(C)C)ccc8ccc5c6c87)cc([Si](c5ccccc5)(c5ccccc5)c5ccccc5)c4)ccc4ccc1c2c43. The lowest BCUT2D eigenvalue weighted by molar-refractivity contribution is 0.596. The lowest BCUT2D eigenvalue weighted by atomic mass is 9.80. The molecule has 0 aliphatic heterocycles. The van der Waals surface area contributed by atoms with E-state index in [0.717, 1.165) is 0 Å². The fraction of sp³-hybridized carbons (Fsp3) is 0.125. The summed E-state index contributed by atoms with van der Waals surface area (Å²) in [5.41, 5.74) is 7.83. The van der Waals surface area contributed by atoms with Crippen LogP contribution in [0, 0.1) is 0 Å². The Hall–Kier alpha value is -7.06. The van der Waals surface area contributed by atoms with Crippen LogP contribution in [0.2, 0.25) is 0 Å². The Morgan fingerprint density at radius 3 is 0.938 bits per heavy atom. The van der Waals surface area contributed by atoms with Crippen molar-refractivity contribution in [2.24, 2.45) is 0 Å². The molecule has 0 aromatic heterocycles. The topological polar surface area (TPSA) is 0 Å². The summed E-state index contributed by atoms with van der Waals surface area (Å²) in [4.78, 5) is 0. The van der Waals surface area contributed by atoms with E-state index in [4.69, 9.17) is 0 Å². The second-order valence-corrected chi connectivity index (χ2v) is 24.3. The molecule has 0 spiro atoms. The van der Waals surface area contributed by atoms with Crippen LogP contribution in [-0.4, -0.2) is 8.07 Å². The van der Waals surface area contributed by atoms with Gasteiger partial charge < -0.3 is 0 Å². The molecule has 0 unspecified atom stereocenters. The van der Waals surface area contributed by atoms with Gasteiger partial charge in [0.2, 0.25) is 0 Å². The maximum Gasteiger partial charge on any atom is 0.179 e. The zero-order chi connectivity index (χ0) is 44.2. The van der Waals surface area contributed by atoms with E-state index in [-0.39, 0.29) is 10.8 Å². The summed E-state index contributed by atoms with van der Waals surface area (Å²) in [5.74, 6) is 0. The minimum Gasteiger partial charge on any atom is -0.0623 e. The molecule has 0 bridgehead atoms. The first kappa shape index (κ1) is 39.5. The van der Waals surface area contributed by atoms with E-state index >= 15 is 0 Å². The summed E-state index contributed by atoms with van der Waals surface area (Å²) in [7, 11) is -2.95. The second kappa shape index (κ2) is 14.5. The van der Waals surface area contributed by atoms with Crippen LogP contribution in [-0.2, 0) is 10.8 Å². The molecule has 65 heavy (non-hydrogen) atoms. The third kappa shape index (κ3) is 6.02. The van der Waals surface area contributed by atoms with Crippen molar-refractivity contribution in [3.63, 3.8) is 0 Å². The van der Waals surface area contributed by atoms with Crippen molar-refractivity contribution in [1.82, 2.24) is 0 Å². The quantitative estimate of drug-likeness (QED) is 0.0888. The minimum absolute atomic E-state index is 0.0175. The summed E-state index contributed by atoms with van der Waals surface area (Å²) in [6, 6.07) is 79.6. The Morgan fingerprint density at radius 2 is 0.585 bits per heavy atom. The van der Waals surface area contributed by atoms with Gasteiger partial charge in [-0.25, -0.2) is 0 Å². The van der Waals surface area contributed by atoms with Gasteiger partial charge in [-0.1, -0.05) is 242 Å². The monoisotopic (exact) mass is 848 g/mol. The molecule has 0 aliphatic carbocycles. The van der Waals surface area contributed by atoms with Gasteiger partial charge in [0.05, 0.1) is 0 Å². The maximum atomic E-state index is 2.57. The average Bonchev–Trinajstić information content (AvgIpc) is 3.32. The molecule has 0 heterocycles. The van der Waals surface area contributed by atoms with Gasteiger partial charge >= 0.3 is 0 Å². The molecule has 0 radical (unpaired) electrons. The van der Waals surface area contributed by atoms with Gasteiger partial charge in [0, 0.05) is 0 Å². The average molecular weight is 849 g/mol. The summed E-state index contributed by atoms with van der Waals surface area (Å²) < 4.78 is 0. The molecule has 12 aromatic rings. The van der Waals surface area contributed by atoms with Gasteiger partial charge in [-0.2, -0.15) is 0 Å². The van der Waals surface area contributed by atoms with Crippen LogP contribution >= 0.6 is 0 Å². The standard InChI is InChI=1S/C64H52Si/c1-63(2,3)57-36-28-43-24-32-53-51(30-22-41-26-34-55(57)61(43)59(41)53)45-38-46(52-31-23-42-27-35-56-58(64(4,5)6)37-29-44-25-33-54(52)60(42)62(44)56)40-50(39-45)65(47-16-10-7-11-17-47,48-18-12-8-13-19-48)49-20-14-9-15-21-49/h7-40H,1-6H3. The minimum atomic E-state index is -2.95.